The van der Waals surface area contributed by atoms with Crippen LogP contribution in [0.15, 0.2) is 60.7 Å². The topological polar surface area (TPSA) is 9.23 Å². The van der Waals surface area contributed by atoms with E-state index >= 15 is 0 Å². The smallest absolute Gasteiger partial charge is 0.417 e. The van der Waals surface area contributed by atoms with Crippen LogP contribution in [0.4, 0.5) is 0 Å². The van der Waals surface area contributed by atoms with E-state index in [9.17, 15) is 0 Å². The van der Waals surface area contributed by atoms with Crippen molar-refractivity contribution in [3.05, 3.63) is 71.8 Å². The molecular formula is C13H14Al2O. The fourth-order valence-electron chi connectivity index (χ4n) is 1.92. The maximum atomic E-state index is 5.59. The average Bonchev–Trinajstić information content (AvgIpc) is 2.38. The first-order valence-corrected chi connectivity index (χ1v) is 7.71. The molecule has 78 valence electrons. The van der Waals surface area contributed by atoms with Crippen molar-refractivity contribution in [3.63, 3.8) is 0 Å². The van der Waals surface area contributed by atoms with E-state index in [2.05, 4.69) is 60.7 Å². The Hall–Kier alpha value is -0.535. The lowest BCUT2D eigenvalue weighted by Gasteiger charge is -2.15. The third-order valence-corrected chi connectivity index (χ3v) is 5.35. The minimum atomic E-state index is -0.499. The summed E-state index contributed by atoms with van der Waals surface area (Å²) in [6.07, 6.45) is 0. The fraction of sp³-hybridized carbons (Fsp3) is 0.0769. The summed E-state index contributed by atoms with van der Waals surface area (Å²) in [5, 5.41) is 0. The van der Waals surface area contributed by atoms with Gasteiger partial charge >= 0.3 is 32.2 Å². The van der Waals surface area contributed by atoms with E-state index in [0.717, 1.165) is 16.6 Å². The van der Waals surface area contributed by atoms with E-state index < -0.39 is 15.6 Å². The molecule has 0 spiro atoms. The first kappa shape index (κ1) is 11.9. The van der Waals surface area contributed by atoms with Gasteiger partial charge in [0.1, 0.15) is 0 Å². The van der Waals surface area contributed by atoms with Crippen LogP contribution in [0.5, 0.6) is 0 Å². The van der Waals surface area contributed by atoms with E-state index in [0.29, 0.717) is 4.78 Å². The normalized spacial score (nSPS) is 10.3. The van der Waals surface area contributed by atoms with Gasteiger partial charge in [-0.3, -0.25) is 0 Å². The number of hydrogen-bond acceptors (Lipinski definition) is 1. The molecule has 0 saturated carbocycles. The predicted octanol–water partition coefficient (Wildman–Crippen LogP) is 1.69. The van der Waals surface area contributed by atoms with Crippen molar-refractivity contribution < 1.29 is 2.84 Å². The molecule has 0 atom stereocenters. The largest absolute Gasteiger partial charge is 0.644 e. The fourth-order valence-corrected chi connectivity index (χ4v) is 4.18. The summed E-state index contributed by atoms with van der Waals surface area (Å²) in [6, 6.07) is 21.3. The molecule has 0 aliphatic rings. The van der Waals surface area contributed by atoms with Crippen LogP contribution in [0.25, 0.3) is 0 Å². The monoisotopic (exact) mass is 240 g/mol. The Bertz CT molecular complexity index is 377. The average molecular weight is 240 g/mol. The molecule has 2 aromatic rings. The van der Waals surface area contributed by atoms with Gasteiger partial charge in [0.2, 0.25) is 0 Å². The maximum absolute atomic E-state index is 5.59. The first-order chi connectivity index (χ1) is 7.92. The highest BCUT2D eigenvalue weighted by molar-refractivity contribution is 6.37. The van der Waals surface area contributed by atoms with Crippen molar-refractivity contribution in [2.24, 2.45) is 0 Å². The lowest BCUT2D eigenvalue weighted by atomic mass is 10.0. The van der Waals surface area contributed by atoms with Crippen LogP contribution in [0, 0.1) is 0 Å². The number of benzene rings is 2. The Balaban J connectivity index is 2.31. The summed E-state index contributed by atoms with van der Waals surface area (Å²) < 4.78 is 6.09. The zero-order valence-corrected chi connectivity index (χ0v) is 12.9. The van der Waals surface area contributed by atoms with Crippen molar-refractivity contribution in [1.82, 2.24) is 0 Å². The SMILES string of the molecule is [AlH2][O][AlH][CH](c1ccccc1)c1ccccc1. The van der Waals surface area contributed by atoms with E-state index in [1.165, 1.54) is 11.1 Å². The summed E-state index contributed by atoms with van der Waals surface area (Å²) >= 11 is 0.352. The van der Waals surface area contributed by atoms with Gasteiger partial charge in [0.25, 0.3) is 0 Å². The van der Waals surface area contributed by atoms with Gasteiger partial charge in [-0.25, -0.2) is 0 Å². The van der Waals surface area contributed by atoms with E-state index in [1.807, 2.05) is 0 Å². The molecule has 0 radical (unpaired) electrons. The molecule has 0 aliphatic heterocycles. The van der Waals surface area contributed by atoms with Gasteiger partial charge in [-0.1, -0.05) is 71.8 Å². The molecule has 0 saturated heterocycles. The van der Waals surface area contributed by atoms with E-state index in [4.69, 9.17) is 2.84 Å². The minimum absolute atomic E-state index is 0.499. The summed E-state index contributed by atoms with van der Waals surface area (Å²) in [6.45, 7) is 0. The number of hydrogen-bond donors (Lipinski definition) is 0. The molecule has 2 aromatic carbocycles. The van der Waals surface area contributed by atoms with Crippen molar-refractivity contribution in [3.8, 4) is 0 Å². The summed E-state index contributed by atoms with van der Waals surface area (Å²) in [4.78, 5) is 0. The quantitative estimate of drug-likeness (QED) is 0.739. The Kier molecular flexibility index (Phi) is 4.67. The van der Waals surface area contributed by atoms with Gasteiger partial charge in [0.15, 0.2) is 0 Å². The standard InChI is InChI=1S/C13H11.2Al.O.3H/c1-3-7-12(8-4-1)11-13-9-5-2-6-10-13;;;;;;/h1-11H;;;;;;. The Morgan fingerprint density at radius 3 is 1.62 bits per heavy atom. The van der Waals surface area contributed by atoms with Crippen molar-refractivity contribution in [2.45, 2.75) is 4.78 Å². The highest BCUT2D eigenvalue weighted by Gasteiger charge is 2.15. The second-order valence-corrected chi connectivity index (χ2v) is 7.29. The molecule has 2 rings (SSSR count). The second kappa shape index (κ2) is 6.26. The highest BCUT2D eigenvalue weighted by Crippen LogP contribution is 2.22. The third kappa shape index (κ3) is 2.99. The molecule has 0 amide bonds. The van der Waals surface area contributed by atoms with Crippen molar-refractivity contribution in [1.29, 1.82) is 0 Å². The van der Waals surface area contributed by atoms with Crippen LogP contribution >= 0.6 is 0 Å². The lowest BCUT2D eigenvalue weighted by Crippen LogP contribution is -2.12. The molecule has 0 aliphatic carbocycles. The Morgan fingerprint density at radius 1 is 0.812 bits per heavy atom. The highest BCUT2D eigenvalue weighted by atomic mass is 27.2. The second-order valence-electron chi connectivity index (χ2n) is 3.83. The molecule has 3 heteroatoms. The minimum Gasteiger partial charge on any atom is -0.644 e. The zero-order chi connectivity index (χ0) is 11.2. The molecule has 0 aromatic heterocycles. The summed E-state index contributed by atoms with van der Waals surface area (Å²) in [5.74, 6) is 0. The van der Waals surface area contributed by atoms with Crippen molar-refractivity contribution in [2.75, 3.05) is 0 Å². The van der Waals surface area contributed by atoms with E-state index in [-0.39, 0.29) is 0 Å². The van der Waals surface area contributed by atoms with Crippen LogP contribution in [-0.4, -0.2) is 32.2 Å². The summed E-state index contributed by atoms with van der Waals surface area (Å²) in [5.41, 5.74) is 2.77. The van der Waals surface area contributed by atoms with E-state index in [1.54, 1.807) is 0 Å². The van der Waals surface area contributed by atoms with Crippen LogP contribution < -0.4 is 0 Å². The van der Waals surface area contributed by atoms with Crippen LogP contribution in [0.2, 0.25) is 0 Å². The molecular weight excluding hydrogens is 226 g/mol. The van der Waals surface area contributed by atoms with Gasteiger partial charge in [-0.15, -0.1) is 0 Å². The molecule has 0 heterocycles. The van der Waals surface area contributed by atoms with Gasteiger partial charge in [0.05, 0.1) is 0 Å². The predicted molar refractivity (Wildman–Crippen MR) is 71.5 cm³/mol. The molecule has 0 fully saturated rings. The molecule has 0 N–H and O–H groups in total. The lowest BCUT2D eigenvalue weighted by molar-refractivity contribution is 0.649. The van der Waals surface area contributed by atoms with Crippen LogP contribution in [0.3, 0.4) is 0 Å². The maximum Gasteiger partial charge on any atom is 0.417 e. The molecule has 16 heavy (non-hydrogen) atoms. The number of rotatable bonds is 4. The van der Waals surface area contributed by atoms with Gasteiger partial charge in [-0.2, -0.15) is 0 Å². The molecule has 0 bridgehead atoms. The Labute approximate surface area is 111 Å². The van der Waals surface area contributed by atoms with Crippen LogP contribution in [0.1, 0.15) is 15.9 Å². The van der Waals surface area contributed by atoms with Gasteiger partial charge in [0, 0.05) is 0 Å². The zero-order valence-electron chi connectivity index (χ0n) is 9.47. The van der Waals surface area contributed by atoms with Crippen LogP contribution in [-0.2, 0) is 2.84 Å². The first-order valence-electron chi connectivity index (χ1n) is 5.50. The van der Waals surface area contributed by atoms with Gasteiger partial charge in [-0.05, 0) is 4.78 Å². The Morgan fingerprint density at radius 2 is 1.25 bits per heavy atom. The molecule has 1 nitrogen and oxygen atoms in total. The molecule has 0 unspecified atom stereocenters. The van der Waals surface area contributed by atoms with Crippen molar-refractivity contribution >= 4 is 32.2 Å². The van der Waals surface area contributed by atoms with Gasteiger partial charge < -0.3 is 2.84 Å². The summed E-state index contributed by atoms with van der Waals surface area (Å²) in [7, 11) is 0. The third-order valence-electron chi connectivity index (χ3n) is 2.74.